The van der Waals surface area contributed by atoms with Crippen LogP contribution in [0, 0.1) is 12.8 Å². The Morgan fingerprint density at radius 2 is 1.76 bits per heavy atom. The minimum Gasteiger partial charge on any atom is -0.351 e. The quantitative estimate of drug-likeness (QED) is 0.608. The number of nitrogens with one attached hydrogen (secondary N) is 2. The lowest BCUT2D eigenvalue weighted by atomic mass is 10.0. The van der Waals surface area contributed by atoms with Crippen molar-refractivity contribution >= 4 is 41.7 Å². The fourth-order valence-electron chi connectivity index (χ4n) is 2.21. The van der Waals surface area contributed by atoms with Gasteiger partial charge in [0.25, 0.3) is 0 Å². The molecule has 5 nitrogen and oxygen atoms in total. The molecule has 142 valence electrons. The number of amides is 2. The molecule has 2 atom stereocenters. The Labute approximate surface area is 161 Å². The smallest absolute Gasteiger partial charge is 0.234 e. The van der Waals surface area contributed by atoms with Crippen LogP contribution in [0.25, 0.3) is 0 Å². The second kappa shape index (κ2) is 12.2. The van der Waals surface area contributed by atoms with E-state index < -0.39 is 0 Å². The summed E-state index contributed by atoms with van der Waals surface area (Å²) in [6, 6.07) is 7.61. The van der Waals surface area contributed by atoms with Crippen molar-refractivity contribution in [2.45, 2.75) is 45.4 Å². The van der Waals surface area contributed by atoms with E-state index in [2.05, 4.69) is 24.5 Å². The van der Waals surface area contributed by atoms with Gasteiger partial charge in [0.05, 0.1) is 11.0 Å². The number of rotatable bonds is 9. The summed E-state index contributed by atoms with van der Waals surface area (Å²) in [6.45, 7) is 8.43. The second-order valence-electron chi connectivity index (χ2n) is 6.44. The molecular weight excluding hydrogens is 358 g/mol. The van der Waals surface area contributed by atoms with Crippen LogP contribution in [0.15, 0.2) is 24.3 Å². The van der Waals surface area contributed by atoms with Crippen molar-refractivity contribution in [2.75, 3.05) is 17.6 Å². The summed E-state index contributed by atoms with van der Waals surface area (Å²) < 4.78 is 0. The monoisotopic (exact) mass is 387 g/mol. The molecule has 0 heterocycles. The van der Waals surface area contributed by atoms with Crippen molar-refractivity contribution in [2.24, 2.45) is 11.7 Å². The summed E-state index contributed by atoms with van der Waals surface area (Å²) in [5.74, 6) is 0.530. The average molecular weight is 388 g/mol. The summed E-state index contributed by atoms with van der Waals surface area (Å²) in [7, 11) is 0. The highest BCUT2D eigenvalue weighted by Gasteiger charge is 2.19. The SMILES string of the molecule is Cc1ccc(NC(=O)CSC(C)C(=O)NC(CN)CC(C)C)cc1.Cl. The van der Waals surface area contributed by atoms with Crippen LogP contribution >= 0.6 is 24.2 Å². The number of benzene rings is 1. The number of halogens is 1. The number of nitrogens with two attached hydrogens (primary N) is 1. The highest BCUT2D eigenvalue weighted by atomic mass is 35.5. The molecule has 25 heavy (non-hydrogen) atoms. The van der Waals surface area contributed by atoms with Gasteiger partial charge in [-0.1, -0.05) is 31.5 Å². The molecule has 1 aromatic carbocycles. The maximum absolute atomic E-state index is 12.2. The Balaban J connectivity index is 0.00000576. The molecule has 0 fully saturated rings. The zero-order valence-corrected chi connectivity index (χ0v) is 17.0. The van der Waals surface area contributed by atoms with E-state index >= 15 is 0 Å². The topological polar surface area (TPSA) is 84.2 Å². The molecule has 0 bridgehead atoms. The van der Waals surface area contributed by atoms with Gasteiger partial charge in [-0.2, -0.15) is 0 Å². The normalized spacial score (nSPS) is 12.9. The summed E-state index contributed by atoms with van der Waals surface area (Å²) in [6.07, 6.45) is 0.855. The Morgan fingerprint density at radius 3 is 2.28 bits per heavy atom. The van der Waals surface area contributed by atoms with Gasteiger partial charge in [0.1, 0.15) is 0 Å². The Hall–Kier alpha value is -1.24. The number of thioether (sulfide) groups is 1. The zero-order valence-electron chi connectivity index (χ0n) is 15.4. The first-order valence-electron chi connectivity index (χ1n) is 8.30. The van der Waals surface area contributed by atoms with Crippen molar-refractivity contribution < 1.29 is 9.59 Å². The van der Waals surface area contributed by atoms with Crippen molar-refractivity contribution in [3.05, 3.63) is 29.8 Å². The van der Waals surface area contributed by atoms with Gasteiger partial charge in [0, 0.05) is 18.3 Å². The van der Waals surface area contributed by atoms with Gasteiger partial charge < -0.3 is 16.4 Å². The van der Waals surface area contributed by atoms with Gasteiger partial charge in [0.2, 0.25) is 11.8 Å². The van der Waals surface area contributed by atoms with Crippen LogP contribution in [-0.4, -0.2) is 35.4 Å². The molecule has 7 heteroatoms. The molecule has 0 aliphatic carbocycles. The van der Waals surface area contributed by atoms with Gasteiger partial charge in [-0.3, -0.25) is 9.59 Å². The molecule has 1 rings (SSSR count). The number of hydrogen-bond donors (Lipinski definition) is 3. The highest BCUT2D eigenvalue weighted by Crippen LogP contribution is 2.14. The third-order valence-corrected chi connectivity index (χ3v) is 4.70. The molecule has 2 unspecified atom stereocenters. The molecule has 0 saturated heterocycles. The van der Waals surface area contributed by atoms with Crippen LogP contribution in [0.2, 0.25) is 0 Å². The van der Waals surface area contributed by atoms with E-state index in [9.17, 15) is 9.59 Å². The standard InChI is InChI=1S/C18H29N3O2S.ClH/c1-12(2)9-16(10-19)21-18(23)14(4)24-11-17(22)20-15-7-5-13(3)6-8-15;/h5-8,12,14,16H,9-11,19H2,1-4H3,(H,20,22)(H,21,23);1H. The zero-order chi connectivity index (χ0) is 18.1. The van der Waals surface area contributed by atoms with Crippen LogP contribution in [0.3, 0.4) is 0 Å². The van der Waals surface area contributed by atoms with Crippen LogP contribution in [0.1, 0.15) is 32.8 Å². The lowest BCUT2D eigenvalue weighted by Gasteiger charge is -2.21. The summed E-state index contributed by atoms with van der Waals surface area (Å²) in [5, 5.41) is 5.49. The van der Waals surface area contributed by atoms with E-state index in [1.165, 1.54) is 11.8 Å². The third-order valence-electron chi connectivity index (χ3n) is 3.56. The molecule has 4 N–H and O–H groups in total. The minimum atomic E-state index is -0.296. The number of aryl methyl sites for hydroxylation is 1. The molecular formula is C18H30ClN3O2S. The predicted molar refractivity (Wildman–Crippen MR) is 109 cm³/mol. The molecule has 1 aromatic rings. The number of carbonyl (C=O) groups is 2. The van der Waals surface area contributed by atoms with Gasteiger partial charge >= 0.3 is 0 Å². The fraction of sp³-hybridized carbons (Fsp3) is 0.556. The van der Waals surface area contributed by atoms with Crippen LogP contribution in [0.4, 0.5) is 5.69 Å². The third kappa shape index (κ3) is 9.72. The molecule has 0 saturated carbocycles. The van der Waals surface area contributed by atoms with Crippen molar-refractivity contribution in [3.8, 4) is 0 Å². The van der Waals surface area contributed by atoms with Crippen molar-refractivity contribution in [1.29, 1.82) is 0 Å². The molecule has 0 aliphatic rings. The Kier molecular flexibility index (Phi) is 11.6. The van der Waals surface area contributed by atoms with Crippen LogP contribution in [-0.2, 0) is 9.59 Å². The second-order valence-corrected chi connectivity index (χ2v) is 7.77. The number of carbonyl (C=O) groups excluding carboxylic acids is 2. The lowest BCUT2D eigenvalue weighted by Crippen LogP contribution is -2.44. The maximum atomic E-state index is 12.2. The fourth-order valence-corrected chi connectivity index (χ4v) is 2.90. The maximum Gasteiger partial charge on any atom is 0.234 e. The summed E-state index contributed by atoms with van der Waals surface area (Å²) in [5.41, 5.74) is 7.61. The van der Waals surface area contributed by atoms with Crippen LogP contribution in [0.5, 0.6) is 0 Å². The molecule has 0 radical (unpaired) electrons. The van der Waals surface area contributed by atoms with E-state index in [0.29, 0.717) is 12.5 Å². The van der Waals surface area contributed by atoms with Gasteiger partial charge in [-0.05, 0) is 38.3 Å². The average Bonchev–Trinajstić information content (AvgIpc) is 2.53. The first-order valence-corrected chi connectivity index (χ1v) is 9.35. The van der Waals surface area contributed by atoms with E-state index in [1.807, 2.05) is 38.1 Å². The highest BCUT2D eigenvalue weighted by molar-refractivity contribution is 8.01. The van der Waals surface area contributed by atoms with Gasteiger partial charge in [0.15, 0.2) is 0 Å². The Bertz CT molecular complexity index is 538. The first kappa shape index (κ1) is 23.8. The minimum absolute atomic E-state index is 0. The lowest BCUT2D eigenvalue weighted by molar-refractivity contribution is -0.121. The first-order chi connectivity index (χ1) is 11.3. The Morgan fingerprint density at radius 1 is 1.16 bits per heavy atom. The van der Waals surface area contributed by atoms with Crippen LogP contribution < -0.4 is 16.4 Å². The summed E-state index contributed by atoms with van der Waals surface area (Å²) in [4.78, 5) is 24.1. The van der Waals surface area contributed by atoms with Crippen molar-refractivity contribution in [3.63, 3.8) is 0 Å². The molecule has 0 spiro atoms. The van der Waals surface area contributed by atoms with Gasteiger partial charge in [-0.15, -0.1) is 24.2 Å². The number of hydrogen-bond acceptors (Lipinski definition) is 4. The van der Waals surface area contributed by atoms with Crippen molar-refractivity contribution in [1.82, 2.24) is 5.32 Å². The van der Waals surface area contributed by atoms with Gasteiger partial charge in [-0.25, -0.2) is 0 Å². The molecule has 0 aromatic heterocycles. The largest absolute Gasteiger partial charge is 0.351 e. The molecule has 2 amide bonds. The van der Waals surface area contributed by atoms with E-state index in [4.69, 9.17) is 5.73 Å². The van der Waals surface area contributed by atoms with E-state index in [-0.39, 0.29) is 41.3 Å². The summed E-state index contributed by atoms with van der Waals surface area (Å²) >= 11 is 1.32. The predicted octanol–water partition coefficient (Wildman–Crippen LogP) is 2.97. The number of anilines is 1. The van der Waals surface area contributed by atoms with E-state index in [0.717, 1.165) is 17.7 Å². The van der Waals surface area contributed by atoms with E-state index in [1.54, 1.807) is 0 Å². The molecule has 0 aliphatic heterocycles.